The number of carboxylic acids is 2. The van der Waals surface area contributed by atoms with Crippen LogP contribution in [-0.4, -0.2) is 29.5 Å². The molecule has 0 bridgehead atoms. The molecule has 7 nitrogen and oxygen atoms in total. The molecule has 0 heterocycles. The average Bonchev–Trinajstić information content (AvgIpc) is 1.63. The summed E-state index contributed by atoms with van der Waals surface area (Å²) < 4.78 is 0. The quantitative estimate of drug-likeness (QED) is 0.303. The summed E-state index contributed by atoms with van der Waals surface area (Å²) in [5, 5.41) is 40.0. The zero-order chi connectivity index (χ0) is 8.73. The molecule has 0 fully saturated rings. The Kier molecular flexibility index (Phi) is 44.0. The standard InChI is InChI=1S/C2H2O4.BO3.3Na/c3-1(4)2(5)6;2-1(3)4;;;/h(H,3,4)(H,5,6);;;;/q;-3;3*+1. The Balaban J connectivity index is -0.0000000279. The van der Waals surface area contributed by atoms with Crippen LogP contribution in [0.4, 0.5) is 0 Å². The van der Waals surface area contributed by atoms with E-state index in [0.717, 1.165) is 0 Å². The molecule has 0 aliphatic rings. The summed E-state index contributed by atoms with van der Waals surface area (Å²) in [6.45, 7) is 0. The average molecular weight is 218 g/mol. The second-order valence-electron chi connectivity index (χ2n) is 0.899. The van der Waals surface area contributed by atoms with Crippen LogP contribution in [0.1, 0.15) is 0 Å². The van der Waals surface area contributed by atoms with Crippen LogP contribution in [0.2, 0.25) is 0 Å². The Bertz CT molecular complexity index is 114. The van der Waals surface area contributed by atoms with Gasteiger partial charge in [0.2, 0.25) is 0 Å². The van der Waals surface area contributed by atoms with Gasteiger partial charge in [0.05, 0.1) is 0 Å². The van der Waals surface area contributed by atoms with Crippen LogP contribution >= 0.6 is 0 Å². The summed E-state index contributed by atoms with van der Waals surface area (Å²) in [6, 6.07) is 0. The fourth-order valence-corrected chi connectivity index (χ4v) is 0. The van der Waals surface area contributed by atoms with Crippen molar-refractivity contribution in [3.05, 3.63) is 0 Å². The first-order valence-corrected chi connectivity index (χ1v) is 1.81. The van der Waals surface area contributed by atoms with Gasteiger partial charge in [-0.1, -0.05) is 0 Å². The third-order valence-corrected chi connectivity index (χ3v) is 0.183. The van der Waals surface area contributed by atoms with Crippen molar-refractivity contribution in [1.82, 2.24) is 0 Å². The molecule has 0 aromatic heterocycles. The van der Waals surface area contributed by atoms with Gasteiger partial charge < -0.3 is 25.3 Å². The summed E-state index contributed by atoms with van der Waals surface area (Å²) in [4.78, 5) is 18.2. The summed E-state index contributed by atoms with van der Waals surface area (Å²) in [5.74, 6) is -3.65. The maximum atomic E-state index is 9.10. The number of rotatable bonds is 0. The zero-order valence-electron chi connectivity index (χ0n) is 7.51. The van der Waals surface area contributed by atoms with Crippen molar-refractivity contribution in [3.63, 3.8) is 0 Å². The zero-order valence-corrected chi connectivity index (χ0v) is 13.5. The number of aliphatic carboxylic acids is 2. The Hall–Kier alpha value is 1.88. The molecule has 2 N–H and O–H groups in total. The van der Waals surface area contributed by atoms with E-state index in [2.05, 4.69) is 0 Å². The van der Waals surface area contributed by atoms with E-state index in [-0.39, 0.29) is 88.7 Å². The fourth-order valence-electron chi connectivity index (χ4n) is 0. The van der Waals surface area contributed by atoms with Crippen LogP contribution in [0, 0.1) is 0 Å². The fraction of sp³-hybridized carbons (Fsp3) is 0. The molecule has 0 aromatic rings. The number of carbonyl (C=O) groups is 2. The molecule has 13 heavy (non-hydrogen) atoms. The first-order valence-electron chi connectivity index (χ1n) is 1.81. The van der Waals surface area contributed by atoms with Gasteiger partial charge in [0.25, 0.3) is 0 Å². The van der Waals surface area contributed by atoms with E-state index in [4.69, 9.17) is 34.9 Å². The third kappa shape index (κ3) is 56.6. The summed E-state index contributed by atoms with van der Waals surface area (Å²) >= 11 is 0. The normalized spacial score (nSPS) is 5.46. The van der Waals surface area contributed by atoms with E-state index >= 15 is 0 Å². The van der Waals surface area contributed by atoms with E-state index in [9.17, 15) is 0 Å². The molecule has 0 saturated heterocycles. The molecule has 0 aliphatic heterocycles. The maximum absolute atomic E-state index is 9.10. The van der Waals surface area contributed by atoms with Crippen molar-refractivity contribution in [2.24, 2.45) is 0 Å². The van der Waals surface area contributed by atoms with Crippen LogP contribution in [0.3, 0.4) is 0 Å². The molecule has 0 atom stereocenters. The van der Waals surface area contributed by atoms with Gasteiger partial charge in [-0.15, -0.1) is 0 Å². The van der Waals surface area contributed by atoms with E-state index in [0.29, 0.717) is 0 Å². The molecule has 0 amide bonds. The van der Waals surface area contributed by atoms with Crippen molar-refractivity contribution < 1.29 is 124 Å². The van der Waals surface area contributed by atoms with Crippen LogP contribution in [0.25, 0.3) is 0 Å². The Morgan fingerprint density at radius 2 is 0.923 bits per heavy atom. The van der Waals surface area contributed by atoms with Gasteiger partial charge in [-0.05, 0) is 0 Å². The molecular formula is C2H2BNa3O7. The molecule has 11 heteroatoms. The van der Waals surface area contributed by atoms with Crippen molar-refractivity contribution in [2.45, 2.75) is 0 Å². The Labute approximate surface area is 141 Å². The molecule has 58 valence electrons. The summed E-state index contributed by atoms with van der Waals surface area (Å²) in [6.07, 6.45) is 0. The van der Waals surface area contributed by atoms with E-state index in [1.807, 2.05) is 0 Å². The Morgan fingerprint density at radius 3 is 0.923 bits per heavy atom. The number of hydrogen-bond donors (Lipinski definition) is 2. The predicted molar refractivity (Wildman–Crippen MR) is 21.0 cm³/mol. The monoisotopic (exact) mass is 218 g/mol. The van der Waals surface area contributed by atoms with Gasteiger partial charge in [-0.25, -0.2) is 9.59 Å². The van der Waals surface area contributed by atoms with Gasteiger partial charge in [0, 0.05) is 0 Å². The van der Waals surface area contributed by atoms with Crippen LogP contribution in [0.5, 0.6) is 0 Å². The van der Waals surface area contributed by atoms with Crippen LogP contribution in [0.15, 0.2) is 0 Å². The molecular weight excluding hydrogens is 216 g/mol. The van der Waals surface area contributed by atoms with Crippen molar-refractivity contribution >= 4 is 19.3 Å². The third-order valence-electron chi connectivity index (χ3n) is 0.183. The first-order chi connectivity index (χ1) is 4.37. The molecule has 0 unspecified atom stereocenters. The Morgan fingerprint density at radius 1 is 0.846 bits per heavy atom. The predicted octanol–water partition coefficient (Wildman–Crippen LogP) is -13.8. The van der Waals surface area contributed by atoms with Crippen molar-refractivity contribution in [2.75, 3.05) is 0 Å². The number of carboxylic acid groups (broad SMARTS) is 2. The van der Waals surface area contributed by atoms with Gasteiger partial charge >= 0.3 is 101 Å². The van der Waals surface area contributed by atoms with Crippen molar-refractivity contribution in [3.8, 4) is 0 Å². The molecule has 0 saturated carbocycles. The van der Waals surface area contributed by atoms with E-state index in [1.165, 1.54) is 0 Å². The van der Waals surface area contributed by atoms with Crippen LogP contribution < -0.4 is 104 Å². The van der Waals surface area contributed by atoms with E-state index < -0.39 is 19.3 Å². The number of hydrogen-bond acceptors (Lipinski definition) is 5. The first kappa shape index (κ1) is 29.4. The van der Waals surface area contributed by atoms with Crippen LogP contribution in [-0.2, 0) is 9.59 Å². The SMILES string of the molecule is O=C(O)C(=O)O.[Na+].[Na+].[Na+].[O-]B([O-])[O-]. The smallest absolute Gasteiger partial charge is 0.907 e. The van der Waals surface area contributed by atoms with Gasteiger partial charge in [-0.3, -0.25) is 7.32 Å². The minimum atomic E-state index is -2.92. The molecule has 0 radical (unpaired) electrons. The molecule has 0 rings (SSSR count). The minimum Gasteiger partial charge on any atom is -0.907 e. The van der Waals surface area contributed by atoms with Crippen molar-refractivity contribution in [1.29, 1.82) is 0 Å². The second kappa shape index (κ2) is 19.5. The topological polar surface area (TPSA) is 144 Å². The van der Waals surface area contributed by atoms with Gasteiger partial charge in [0.1, 0.15) is 0 Å². The largest absolute Gasteiger partial charge is 1.00 e. The van der Waals surface area contributed by atoms with E-state index in [1.54, 1.807) is 0 Å². The summed E-state index contributed by atoms with van der Waals surface area (Å²) in [7, 11) is -2.92. The molecule has 0 aromatic carbocycles. The second-order valence-corrected chi connectivity index (χ2v) is 0.899. The molecule has 0 aliphatic carbocycles. The maximum Gasteiger partial charge on any atom is 1.00 e. The van der Waals surface area contributed by atoms with Gasteiger partial charge in [0.15, 0.2) is 0 Å². The van der Waals surface area contributed by atoms with Gasteiger partial charge in [-0.2, -0.15) is 0 Å². The summed E-state index contributed by atoms with van der Waals surface area (Å²) in [5.41, 5.74) is 0. The minimum absolute atomic E-state index is 0. The molecule has 0 spiro atoms.